The van der Waals surface area contributed by atoms with Crippen molar-refractivity contribution in [1.29, 1.82) is 0 Å². The Bertz CT molecular complexity index is 3100. The van der Waals surface area contributed by atoms with Gasteiger partial charge in [-0.3, -0.25) is 0 Å². The van der Waals surface area contributed by atoms with Crippen LogP contribution < -0.4 is 4.90 Å². The molecule has 9 aromatic rings. The Labute approximate surface area is 347 Å². The molecule has 1 nitrogen and oxygen atoms in total. The summed E-state index contributed by atoms with van der Waals surface area (Å²) in [5.41, 5.74) is 21.2. The minimum absolute atomic E-state index is 0.101. The van der Waals surface area contributed by atoms with Gasteiger partial charge < -0.3 is 4.90 Å². The molecule has 0 atom stereocenters. The van der Waals surface area contributed by atoms with E-state index < -0.39 is 0 Å². The van der Waals surface area contributed by atoms with Gasteiger partial charge in [-0.1, -0.05) is 204 Å². The maximum absolute atomic E-state index is 2.57. The van der Waals surface area contributed by atoms with E-state index in [4.69, 9.17) is 0 Å². The molecule has 11 rings (SSSR count). The van der Waals surface area contributed by atoms with Gasteiger partial charge in [0.25, 0.3) is 0 Å². The molecule has 0 aliphatic heterocycles. The van der Waals surface area contributed by atoms with Crippen LogP contribution in [0.4, 0.5) is 17.1 Å². The van der Waals surface area contributed by atoms with Crippen LogP contribution in [-0.4, -0.2) is 0 Å². The summed E-state index contributed by atoms with van der Waals surface area (Å²) >= 11 is 0. The normalized spacial score (nSPS) is 14.0. The van der Waals surface area contributed by atoms with Crippen LogP contribution in [0.25, 0.3) is 66.4 Å². The zero-order valence-corrected chi connectivity index (χ0v) is 34.0. The van der Waals surface area contributed by atoms with E-state index in [1.165, 1.54) is 88.7 Å². The third-order valence-corrected chi connectivity index (χ3v) is 13.3. The molecule has 1 heteroatoms. The minimum Gasteiger partial charge on any atom is -0.309 e. The van der Waals surface area contributed by atoms with Crippen molar-refractivity contribution in [1.82, 2.24) is 0 Å². The summed E-state index contributed by atoms with van der Waals surface area (Å²) in [4.78, 5) is 2.57. The van der Waals surface area contributed by atoms with Gasteiger partial charge in [-0.25, -0.2) is 0 Å². The molecule has 2 aliphatic carbocycles. The summed E-state index contributed by atoms with van der Waals surface area (Å²) < 4.78 is 0. The van der Waals surface area contributed by atoms with E-state index in [0.29, 0.717) is 0 Å². The number of hydrogen-bond acceptors (Lipinski definition) is 1. The molecule has 0 saturated heterocycles. The zero-order chi connectivity index (χ0) is 39.9. The lowest BCUT2D eigenvalue weighted by Gasteiger charge is -2.32. The molecular weight excluding hydrogens is 711 g/mol. The standard InChI is InChI=1S/C58H45N/c1-57(2)48-29-15-13-25-44(48)47-37-41(34-35-50(47)57)59(52-32-18-27-42(38-19-7-5-8-20-38)54(52)40-22-9-6-10-23-40)53-36-33-39-21-11-12-24-43(39)56(53)46-28-17-31-51-55(46)45-26-14-16-30-49(45)58(51,3)4/h5-37H,1-4H3. The van der Waals surface area contributed by atoms with Crippen molar-refractivity contribution >= 4 is 27.8 Å². The van der Waals surface area contributed by atoms with Crippen molar-refractivity contribution < 1.29 is 0 Å². The lowest BCUT2D eigenvalue weighted by molar-refractivity contribution is 0.660. The average molecular weight is 756 g/mol. The Kier molecular flexibility index (Phi) is 7.94. The van der Waals surface area contributed by atoms with E-state index in [2.05, 4.69) is 233 Å². The van der Waals surface area contributed by atoms with Gasteiger partial charge in [-0.15, -0.1) is 0 Å². The third kappa shape index (κ3) is 5.31. The predicted octanol–water partition coefficient (Wildman–Crippen LogP) is 15.9. The molecule has 0 heterocycles. The smallest absolute Gasteiger partial charge is 0.0546 e. The molecule has 0 N–H and O–H groups in total. The van der Waals surface area contributed by atoms with Crippen molar-refractivity contribution in [2.24, 2.45) is 0 Å². The highest BCUT2D eigenvalue weighted by molar-refractivity contribution is 6.11. The molecule has 9 aromatic carbocycles. The molecule has 2 aliphatic rings. The largest absolute Gasteiger partial charge is 0.309 e. The molecule has 0 saturated carbocycles. The number of hydrogen-bond donors (Lipinski definition) is 0. The molecule has 0 radical (unpaired) electrons. The van der Waals surface area contributed by atoms with E-state index in [0.717, 1.165) is 17.1 Å². The van der Waals surface area contributed by atoms with Crippen LogP contribution >= 0.6 is 0 Å². The van der Waals surface area contributed by atoms with E-state index in [1.807, 2.05) is 0 Å². The Morgan fingerprint density at radius 3 is 1.64 bits per heavy atom. The summed E-state index contributed by atoms with van der Waals surface area (Å²) in [7, 11) is 0. The highest BCUT2D eigenvalue weighted by Gasteiger charge is 2.39. The van der Waals surface area contributed by atoms with Crippen molar-refractivity contribution in [3.63, 3.8) is 0 Å². The summed E-state index contributed by atoms with van der Waals surface area (Å²) in [6.45, 7) is 9.48. The summed E-state index contributed by atoms with van der Waals surface area (Å²) in [5.74, 6) is 0. The third-order valence-electron chi connectivity index (χ3n) is 13.3. The minimum atomic E-state index is -0.128. The fourth-order valence-electron chi connectivity index (χ4n) is 10.4. The molecule has 0 fully saturated rings. The second-order valence-electron chi connectivity index (χ2n) is 17.2. The fraction of sp³-hybridized carbons (Fsp3) is 0.103. The van der Waals surface area contributed by atoms with Gasteiger partial charge in [0.05, 0.1) is 11.4 Å². The number of anilines is 3. The lowest BCUT2D eigenvalue weighted by atomic mass is 9.81. The number of benzene rings is 9. The molecule has 0 aromatic heterocycles. The van der Waals surface area contributed by atoms with E-state index in [1.54, 1.807) is 0 Å². The summed E-state index contributed by atoms with van der Waals surface area (Å²) in [6, 6.07) is 74.5. The Hall–Kier alpha value is -6.96. The Morgan fingerprint density at radius 2 is 0.864 bits per heavy atom. The molecule has 59 heavy (non-hydrogen) atoms. The van der Waals surface area contributed by atoms with Gasteiger partial charge in [0.15, 0.2) is 0 Å². The number of nitrogens with zero attached hydrogens (tertiary/aromatic N) is 1. The molecule has 0 amide bonds. The fourth-order valence-corrected chi connectivity index (χ4v) is 10.4. The SMILES string of the molecule is CC1(C)c2ccccc2-c2cc(N(c3cccc(-c4ccccc4)c3-c3ccccc3)c3ccc4ccccc4c3-c3cccc4c3-c3ccccc3C4(C)C)ccc21. The molecule has 282 valence electrons. The number of rotatable bonds is 6. The maximum atomic E-state index is 2.57. The Balaban J connectivity index is 1.28. The topological polar surface area (TPSA) is 3.24 Å². The first-order valence-corrected chi connectivity index (χ1v) is 20.9. The van der Waals surface area contributed by atoms with Gasteiger partial charge in [-0.05, 0) is 102 Å². The van der Waals surface area contributed by atoms with Gasteiger partial charge in [0.2, 0.25) is 0 Å². The van der Waals surface area contributed by atoms with Crippen LogP contribution in [-0.2, 0) is 10.8 Å². The van der Waals surface area contributed by atoms with Crippen LogP contribution in [0.15, 0.2) is 200 Å². The average Bonchev–Trinajstić information content (AvgIpc) is 3.66. The van der Waals surface area contributed by atoms with E-state index in [9.17, 15) is 0 Å². The predicted molar refractivity (Wildman–Crippen MR) is 250 cm³/mol. The lowest BCUT2D eigenvalue weighted by Crippen LogP contribution is -2.16. The van der Waals surface area contributed by atoms with Gasteiger partial charge in [-0.2, -0.15) is 0 Å². The van der Waals surface area contributed by atoms with Crippen molar-refractivity contribution in [2.45, 2.75) is 38.5 Å². The van der Waals surface area contributed by atoms with Crippen molar-refractivity contribution in [3.05, 3.63) is 222 Å². The summed E-state index contributed by atoms with van der Waals surface area (Å²) in [5, 5.41) is 2.46. The van der Waals surface area contributed by atoms with Crippen molar-refractivity contribution in [2.75, 3.05) is 4.90 Å². The number of fused-ring (bicyclic) bond motifs is 7. The summed E-state index contributed by atoms with van der Waals surface area (Å²) in [6.07, 6.45) is 0. The molecule has 0 bridgehead atoms. The second-order valence-corrected chi connectivity index (χ2v) is 17.2. The van der Waals surface area contributed by atoms with Gasteiger partial charge >= 0.3 is 0 Å². The van der Waals surface area contributed by atoms with Crippen LogP contribution in [0.3, 0.4) is 0 Å². The molecular formula is C58H45N. The molecule has 0 spiro atoms. The quantitative estimate of drug-likeness (QED) is 0.163. The highest BCUT2D eigenvalue weighted by atomic mass is 15.1. The second kappa shape index (κ2) is 13.3. The highest BCUT2D eigenvalue weighted by Crippen LogP contribution is 2.57. The first-order chi connectivity index (χ1) is 28.8. The van der Waals surface area contributed by atoms with Crippen molar-refractivity contribution in [3.8, 4) is 55.6 Å². The van der Waals surface area contributed by atoms with Crippen LogP contribution in [0, 0.1) is 0 Å². The van der Waals surface area contributed by atoms with Crippen LogP contribution in [0.2, 0.25) is 0 Å². The molecule has 0 unspecified atom stereocenters. The first kappa shape index (κ1) is 35.2. The maximum Gasteiger partial charge on any atom is 0.0546 e. The monoisotopic (exact) mass is 755 g/mol. The van der Waals surface area contributed by atoms with Gasteiger partial charge in [0.1, 0.15) is 0 Å². The van der Waals surface area contributed by atoms with Crippen LogP contribution in [0.5, 0.6) is 0 Å². The van der Waals surface area contributed by atoms with E-state index in [-0.39, 0.29) is 10.8 Å². The Morgan fingerprint density at radius 1 is 0.322 bits per heavy atom. The first-order valence-electron chi connectivity index (χ1n) is 20.9. The van der Waals surface area contributed by atoms with Crippen LogP contribution in [0.1, 0.15) is 49.9 Å². The zero-order valence-electron chi connectivity index (χ0n) is 34.0. The van der Waals surface area contributed by atoms with Gasteiger partial charge in [0, 0.05) is 27.6 Å². The van der Waals surface area contributed by atoms with E-state index >= 15 is 0 Å².